The van der Waals surface area contributed by atoms with E-state index in [4.69, 9.17) is 0 Å². The number of nitrogens with one attached hydrogen (secondary N) is 1. The standard InChI is InChI=1S/C14H29N.ClH/c1-2-3-4-5-6-10-13-15-14-11-8-7-9-12-14;/h14-15H,2-13H2,1H3;1H. The zero-order chi connectivity index (χ0) is 10.8. The highest BCUT2D eigenvalue weighted by Gasteiger charge is 2.11. The van der Waals surface area contributed by atoms with Gasteiger partial charge >= 0.3 is 0 Å². The third-order valence-corrected chi connectivity index (χ3v) is 3.57. The smallest absolute Gasteiger partial charge is 0.00670 e. The Morgan fingerprint density at radius 3 is 2.19 bits per heavy atom. The van der Waals surface area contributed by atoms with Gasteiger partial charge in [-0.05, 0) is 25.8 Å². The number of hydrogen-bond acceptors (Lipinski definition) is 1. The molecule has 0 saturated heterocycles. The molecule has 1 fully saturated rings. The Labute approximate surface area is 108 Å². The molecule has 0 bridgehead atoms. The number of unbranched alkanes of at least 4 members (excludes halogenated alkanes) is 5. The molecule has 0 spiro atoms. The molecule has 16 heavy (non-hydrogen) atoms. The maximum atomic E-state index is 3.71. The largest absolute Gasteiger partial charge is 0.314 e. The second-order valence-electron chi connectivity index (χ2n) is 5.06. The molecule has 0 unspecified atom stereocenters. The molecule has 1 saturated carbocycles. The summed E-state index contributed by atoms with van der Waals surface area (Å²) < 4.78 is 0. The first-order valence-electron chi connectivity index (χ1n) is 7.17. The Hall–Kier alpha value is 0.250. The van der Waals surface area contributed by atoms with Gasteiger partial charge in [0.15, 0.2) is 0 Å². The summed E-state index contributed by atoms with van der Waals surface area (Å²) in [6.45, 7) is 3.54. The van der Waals surface area contributed by atoms with Crippen LogP contribution in [-0.2, 0) is 0 Å². The lowest BCUT2D eigenvalue weighted by Crippen LogP contribution is -2.31. The Morgan fingerprint density at radius 1 is 0.875 bits per heavy atom. The molecule has 1 rings (SSSR count). The molecule has 0 aromatic heterocycles. The van der Waals surface area contributed by atoms with Crippen LogP contribution in [0.1, 0.15) is 77.6 Å². The molecule has 0 aromatic rings. The van der Waals surface area contributed by atoms with Crippen molar-refractivity contribution in [3.63, 3.8) is 0 Å². The number of hydrogen-bond donors (Lipinski definition) is 1. The van der Waals surface area contributed by atoms with E-state index in [2.05, 4.69) is 12.2 Å². The van der Waals surface area contributed by atoms with Gasteiger partial charge in [0.2, 0.25) is 0 Å². The van der Waals surface area contributed by atoms with Crippen LogP contribution >= 0.6 is 12.4 Å². The van der Waals surface area contributed by atoms with Crippen molar-refractivity contribution in [2.45, 2.75) is 83.6 Å². The number of rotatable bonds is 8. The van der Waals surface area contributed by atoms with Gasteiger partial charge in [-0.15, -0.1) is 12.4 Å². The molecular formula is C14H30ClN. The highest BCUT2D eigenvalue weighted by Crippen LogP contribution is 2.17. The predicted octanol–water partition coefficient (Wildman–Crippen LogP) is 4.69. The predicted molar refractivity (Wildman–Crippen MR) is 75.5 cm³/mol. The summed E-state index contributed by atoms with van der Waals surface area (Å²) in [7, 11) is 0. The van der Waals surface area contributed by atoms with Crippen LogP contribution in [0.15, 0.2) is 0 Å². The van der Waals surface area contributed by atoms with Gasteiger partial charge in [-0.3, -0.25) is 0 Å². The van der Waals surface area contributed by atoms with Gasteiger partial charge in [0, 0.05) is 6.04 Å². The quantitative estimate of drug-likeness (QED) is 0.614. The monoisotopic (exact) mass is 247 g/mol. The molecule has 0 atom stereocenters. The van der Waals surface area contributed by atoms with Crippen LogP contribution in [0.25, 0.3) is 0 Å². The van der Waals surface area contributed by atoms with E-state index in [1.54, 1.807) is 0 Å². The summed E-state index contributed by atoms with van der Waals surface area (Å²) in [5.74, 6) is 0. The van der Waals surface area contributed by atoms with Crippen molar-refractivity contribution in [3.8, 4) is 0 Å². The van der Waals surface area contributed by atoms with Gasteiger partial charge in [-0.1, -0.05) is 58.3 Å². The lowest BCUT2D eigenvalue weighted by molar-refractivity contribution is 0.370. The Morgan fingerprint density at radius 2 is 1.50 bits per heavy atom. The number of halogens is 1. The fourth-order valence-electron chi connectivity index (χ4n) is 2.52. The highest BCUT2D eigenvalue weighted by molar-refractivity contribution is 5.85. The minimum atomic E-state index is 0. The Balaban J connectivity index is 0.00000225. The van der Waals surface area contributed by atoms with Crippen LogP contribution < -0.4 is 5.32 Å². The van der Waals surface area contributed by atoms with E-state index in [9.17, 15) is 0 Å². The average Bonchev–Trinajstić information content (AvgIpc) is 2.29. The van der Waals surface area contributed by atoms with Crippen molar-refractivity contribution >= 4 is 12.4 Å². The van der Waals surface area contributed by atoms with Crippen molar-refractivity contribution in [1.82, 2.24) is 5.32 Å². The van der Waals surface area contributed by atoms with E-state index in [1.165, 1.54) is 77.2 Å². The minimum Gasteiger partial charge on any atom is -0.314 e. The summed E-state index contributed by atoms with van der Waals surface area (Å²) in [6, 6.07) is 0.856. The SMILES string of the molecule is CCCCCCCCNC1CCCCC1.Cl. The molecule has 0 aliphatic heterocycles. The Kier molecular flexibility index (Phi) is 11.9. The van der Waals surface area contributed by atoms with E-state index in [0.717, 1.165) is 6.04 Å². The van der Waals surface area contributed by atoms with Crippen LogP contribution in [0.2, 0.25) is 0 Å². The van der Waals surface area contributed by atoms with Crippen molar-refractivity contribution in [1.29, 1.82) is 0 Å². The third kappa shape index (κ3) is 8.41. The third-order valence-electron chi connectivity index (χ3n) is 3.57. The second kappa shape index (κ2) is 11.7. The van der Waals surface area contributed by atoms with E-state index in [1.807, 2.05) is 0 Å². The van der Waals surface area contributed by atoms with Gasteiger partial charge in [-0.2, -0.15) is 0 Å². The van der Waals surface area contributed by atoms with Gasteiger partial charge in [0.1, 0.15) is 0 Å². The van der Waals surface area contributed by atoms with Crippen molar-refractivity contribution < 1.29 is 0 Å². The maximum Gasteiger partial charge on any atom is 0.00670 e. The van der Waals surface area contributed by atoms with E-state index in [-0.39, 0.29) is 12.4 Å². The lowest BCUT2D eigenvalue weighted by atomic mass is 9.95. The minimum absolute atomic E-state index is 0. The van der Waals surface area contributed by atoms with E-state index in [0.29, 0.717) is 0 Å². The Bertz CT molecular complexity index is 133. The maximum absolute atomic E-state index is 3.71. The van der Waals surface area contributed by atoms with Gasteiger partial charge in [-0.25, -0.2) is 0 Å². The molecule has 0 amide bonds. The zero-order valence-electron chi connectivity index (χ0n) is 11.0. The van der Waals surface area contributed by atoms with Crippen molar-refractivity contribution in [2.24, 2.45) is 0 Å². The molecule has 2 heteroatoms. The highest BCUT2D eigenvalue weighted by atomic mass is 35.5. The molecule has 98 valence electrons. The molecule has 1 aliphatic rings. The fraction of sp³-hybridized carbons (Fsp3) is 1.00. The summed E-state index contributed by atoms with van der Waals surface area (Å²) in [6.07, 6.45) is 15.7. The van der Waals surface area contributed by atoms with Gasteiger partial charge in [0.05, 0.1) is 0 Å². The summed E-state index contributed by atoms with van der Waals surface area (Å²) >= 11 is 0. The zero-order valence-corrected chi connectivity index (χ0v) is 11.8. The van der Waals surface area contributed by atoms with Crippen LogP contribution in [0.4, 0.5) is 0 Å². The van der Waals surface area contributed by atoms with Crippen LogP contribution in [-0.4, -0.2) is 12.6 Å². The molecular weight excluding hydrogens is 218 g/mol. The van der Waals surface area contributed by atoms with Crippen LogP contribution in [0.3, 0.4) is 0 Å². The van der Waals surface area contributed by atoms with Gasteiger partial charge < -0.3 is 5.32 Å². The van der Waals surface area contributed by atoms with E-state index < -0.39 is 0 Å². The average molecular weight is 248 g/mol. The first-order valence-corrected chi connectivity index (χ1v) is 7.17. The molecule has 0 heterocycles. The summed E-state index contributed by atoms with van der Waals surface area (Å²) in [5.41, 5.74) is 0. The van der Waals surface area contributed by atoms with E-state index >= 15 is 0 Å². The normalized spacial score (nSPS) is 17.1. The molecule has 1 N–H and O–H groups in total. The fourth-order valence-corrected chi connectivity index (χ4v) is 2.52. The second-order valence-corrected chi connectivity index (χ2v) is 5.06. The first-order chi connectivity index (χ1) is 7.43. The van der Waals surface area contributed by atoms with Crippen LogP contribution in [0.5, 0.6) is 0 Å². The topological polar surface area (TPSA) is 12.0 Å². The van der Waals surface area contributed by atoms with Gasteiger partial charge in [0.25, 0.3) is 0 Å². The lowest BCUT2D eigenvalue weighted by Gasteiger charge is -2.22. The first kappa shape index (κ1) is 16.2. The molecule has 1 nitrogen and oxygen atoms in total. The molecule has 1 aliphatic carbocycles. The van der Waals surface area contributed by atoms with Crippen LogP contribution in [0, 0.1) is 0 Å². The molecule has 0 aromatic carbocycles. The summed E-state index contributed by atoms with van der Waals surface area (Å²) in [5, 5.41) is 3.71. The van der Waals surface area contributed by atoms with Crippen molar-refractivity contribution in [3.05, 3.63) is 0 Å². The molecule has 0 radical (unpaired) electrons. The van der Waals surface area contributed by atoms with Crippen molar-refractivity contribution in [2.75, 3.05) is 6.54 Å². The summed E-state index contributed by atoms with van der Waals surface area (Å²) in [4.78, 5) is 0.